The number of hydrogen-bond donors (Lipinski definition) is 1. The van der Waals surface area contributed by atoms with Crippen LogP contribution in [-0.4, -0.2) is 22.4 Å². The van der Waals surface area contributed by atoms with Gasteiger partial charge in [0.25, 0.3) is 11.6 Å². The highest BCUT2D eigenvalue weighted by molar-refractivity contribution is 5.94. The van der Waals surface area contributed by atoms with Gasteiger partial charge in [-0.25, -0.2) is 0 Å². The number of nitrogens with zero attached hydrogens (tertiary/aromatic N) is 2. The monoisotopic (exact) mass is 331 g/mol. The molecule has 24 heavy (non-hydrogen) atoms. The molecule has 2 aromatic rings. The molecule has 0 fully saturated rings. The van der Waals surface area contributed by atoms with Crippen molar-refractivity contribution >= 4 is 23.0 Å². The van der Waals surface area contributed by atoms with Crippen molar-refractivity contribution in [2.24, 2.45) is 0 Å². The first-order chi connectivity index (χ1) is 11.4. The summed E-state index contributed by atoms with van der Waals surface area (Å²) >= 11 is 0. The number of benzene rings is 2. The Morgan fingerprint density at radius 2 is 1.75 bits per heavy atom. The van der Waals surface area contributed by atoms with E-state index in [9.17, 15) is 25.0 Å². The van der Waals surface area contributed by atoms with Gasteiger partial charge in [0.05, 0.1) is 9.85 Å². The number of rotatable bonds is 6. The molecule has 0 unspecified atom stereocenters. The van der Waals surface area contributed by atoms with Crippen LogP contribution in [0.1, 0.15) is 5.56 Å². The summed E-state index contributed by atoms with van der Waals surface area (Å²) in [5.74, 6) is -0.726. The first-order valence-electron chi connectivity index (χ1n) is 6.79. The lowest BCUT2D eigenvalue weighted by atomic mass is 10.2. The van der Waals surface area contributed by atoms with E-state index in [1.807, 2.05) is 0 Å². The maximum atomic E-state index is 11.9. The summed E-state index contributed by atoms with van der Waals surface area (Å²) in [6.45, 7) is 1.17. The number of hydrogen-bond acceptors (Lipinski definition) is 6. The van der Waals surface area contributed by atoms with Gasteiger partial charge in [-0.05, 0) is 24.6 Å². The summed E-state index contributed by atoms with van der Waals surface area (Å²) in [6.07, 6.45) is 0. The molecule has 0 aliphatic heterocycles. The van der Waals surface area contributed by atoms with Crippen LogP contribution in [-0.2, 0) is 4.79 Å². The molecule has 124 valence electrons. The Hall–Kier alpha value is -3.49. The second-order valence-corrected chi connectivity index (χ2v) is 4.84. The number of anilines is 1. The molecular weight excluding hydrogens is 318 g/mol. The molecule has 2 aromatic carbocycles. The van der Waals surface area contributed by atoms with Crippen molar-refractivity contribution in [2.45, 2.75) is 6.92 Å². The van der Waals surface area contributed by atoms with E-state index in [4.69, 9.17) is 4.74 Å². The van der Waals surface area contributed by atoms with Gasteiger partial charge in [-0.1, -0.05) is 18.2 Å². The zero-order valence-corrected chi connectivity index (χ0v) is 12.6. The Kier molecular flexibility index (Phi) is 5.05. The number of aryl methyl sites for hydroxylation is 1. The van der Waals surface area contributed by atoms with Gasteiger partial charge in [-0.3, -0.25) is 25.0 Å². The molecule has 1 amide bonds. The third-order valence-electron chi connectivity index (χ3n) is 3.04. The lowest BCUT2D eigenvalue weighted by molar-refractivity contribution is -0.385. The van der Waals surface area contributed by atoms with E-state index in [1.54, 1.807) is 13.0 Å². The molecule has 0 aromatic heterocycles. The highest BCUT2D eigenvalue weighted by atomic mass is 16.6. The molecule has 1 N–H and O–H groups in total. The summed E-state index contributed by atoms with van der Waals surface area (Å²) < 4.78 is 5.13. The van der Waals surface area contributed by atoms with Crippen LogP contribution in [0.15, 0.2) is 42.5 Å². The number of carbonyl (C=O) groups is 1. The minimum atomic E-state index is -0.667. The van der Waals surface area contributed by atoms with E-state index in [1.165, 1.54) is 36.4 Å². The molecule has 0 heterocycles. The van der Waals surface area contributed by atoms with E-state index in [0.717, 1.165) is 0 Å². The van der Waals surface area contributed by atoms with Crippen LogP contribution in [0.4, 0.5) is 17.1 Å². The first-order valence-corrected chi connectivity index (χ1v) is 6.79. The third kappa shape index (κ3) is 4.03. The molecule has 0 saturated carbocycles. The van der Waals surface area contributed by atoms with Gasteiger partial charge < -0.3 is 10.1 Å². The number of nitro benzene ring substituents is 2. The Bertz CT molecular complexity index is 806. The molecule has 0 radical (unpaired) electrons. The predicted octanol–water partition coefficient (Wildman–Crippen LogP) is 2.83. The summed E-state index contributed by atoms with van der Waals surface area (Å²) in [4.78, 5) is 32.5. The SMILES string of the molecule is Cc1ccc(NC(=O)COc2ccccc2[N+](=O)[O-])c([N+](=O)[O-])c1. The van der Waals surface area contributed by atoms with Gasteiger partial charge in [-0.15, -0.1) is 0 Å². The minimum absolute atomic E-state index is 0.0294. The normalized spacial score (nSPS) is 10.0. The summed E-state index contributed by atoms with van der Waals surface area (Å²) in [6, 6.07) is 9.98. The van der Waals surface area contributed by atoms with Gasteiger partial charge in [-0.2, -0.15) is 0 Å². The molecule has 0 bridgehead atoms. The van der Waals surface area contributed by atoms with Gasteiger partial charge in [0, 0.05) is 12.1 Å². The largest absolute Gasteiger partial charge is 0.477 e. The number of carbonyl (C=O) groups excluding carboxylic acids is 1. The zero-order chi connectivity index (χ0) is 17.7. The minimum Gasteiger partial charge on any atom is -0.477 e. The predicted molar refractivity (Wildman–Crippen MR) is 85.1 cm³/mol. The Morgan fingerprint density at radius 3 is 2.42 bits per heavy atom. The number of ether oxygens (including phenoxy) is 1. The molecule has 9 heteroatoms. The fourth-order valence-corrected chi connectivity index (χ4v) is 1.96. The van der Waals surface area contributed by atoms with E-state index in [0.29, 0.717) is 5.56 Å². The lowest BCUT2D eigenvalue weighted by Gasteiger charge is -2.08. The summed E-state index contributed by atoms with van der Waals surface area (Å²) in [7, 11) is 0. The molecular formula is C15H13N3O6. The fourth-order valence-electron chi connectivity index (χ4n) is 1.96. The highest BCUT2D eigenvalue weighted by Crippen LogP contribution is 2.27. The first kappa shape index (κ1) is 16.9. The van der Waals surface area contributed by atoms with Crippen molar-refractivity contribution < 1.29 is 19.4 Å². The van der Waals surface area contributed by atoms with Gasteiger partial charge in [0.15, 0.2) is 12.4 Å². The molecule has 9 nitrogen and oxygen atoms in total. The summed E-state index contributed by atoms with van der Waals surface area (Å²) in [5.41, 5.74) is 0.193. The van der Waals surface area contributed by atoms with Gasteiger partial charge >= 0.3 is 5.69 Å². The second-order valence-electron chi connectivity index (χ2n) is 4.84. The molecule has 2 rings (SSSR count). The maximum Gasteiger partial charge on any atom is 0.310 e. The Labute approximate surface area is 136 Å². The van der Waals surface area contributed by atoms with Crippen molar-refractivity contribution in [3.63, 3.8) is 0 Å². The van der Waals surface area contributed by atoms with Gasteiger partial charge in [0.2, 0.25) is 0 Å². The van der Waals surface area contributed by atoms with Crippen LogP contribution in [0, 0.1) is 27.2 Å². The fraction of sp³-hybridized carbons (Fsp3) is 0.133. The lowest BCUT2D eigenvalue weighted by Crippen LogP contribution is -2.21. The second kappa shape index (κ2) is 7.18. The van der Waals surface area contributed by atoms with Crippen LogP contribution in [0.2, 0.25) is 0 Å². The smallest absolute Gasteiger partial charge is 0.310 e. The summed E-state index contributed by atoms with van der Waals surface area (Å²) in [5, 5.41) is 24.2. The standard InChI is InChI=1S/C15H13N3O6/c1-10-6-7-11(13(8-10)18(22)23)16-15(19)9-24-14-5-3-2-4-12(14)17(20)21/h2-8H,9H2,1H3,(H,16,19). The van der Waals surface area contributed by atoms with Crippen LogP contribution >= 0.6 is 0 Å². The Morgan fingerprint density at radius 1 is 1.08 bits per heavy atom. The number of para-hydroxylation sites is 2. The van der Waals surface area contributed by atoms with E-state index in [2.05, 4.69) is 5.32 Å². The number of nitrogens with one attached hydrogen (secondary N) is 1. The quantitative estimate of drug-likeness (QED) is 0.641. The average molecular weight is 331 g/mol. The highest BCUT2D eigenvalue weighted by Gasteiger charge is 2.18. The van der Waals surface area contributed by atoms with Crippen molar-refractivity contribution in [1.29, 1.82) is 0 Å². The van der Waals surface area contributed by atoms with E-state index in [-0.39, 0.29) is 22.8 Å². The van der Waals surface area contributed by atoms with Crippen LogP contribution in [0.3, 0.4) is 0 Å². The van der Waals surface area contributed by atoms with E-state index < -0.39 is 22.4 Å². The zero-order valence-electron chi connectivity index (χ0n) is 12.6. The van der Waals surface area contributed by atoms with E-state index >= 15 is 0 Å². The van der Waals surface area contributed by atoms with Crippen LogP contribution in [0.5, 0.6) is 5.75 Å². The maximum absolute atomic E-state index is 11.9. The molecule has 0 saturated heterocycles. The molecule has 0 atom stereocenters. The topological polar surface area (TPSA) is 125 Å². The number of amides is 1. The van der Waals surface area contributed by atoms with Crippen molar-refractivity contribution in [3.8, 4) is 5.75 Å². The average Bonchev–Trinajstić information content (AvgIpc) is 2.54. The van der Waals surface area contributed by atoms with Crippen molar-refractivity contribution in [1.82, 2.24) is 0 Å². The van der Waals surface area contributed by atoms with Crippen LogP contribution < -0.4 is 10.1 Å². The molecule has 0 aliphatic carbocycles. The number of nitro groups is 2. The van der Waals surface area contributed by atoms with Gasteiger partial charge in [0.1, 0.15) is 5.69 Å². The van der Waals surface area contributed by atoms with Crippen molar-refractivity contribution in [3.05, 3.63) is 68.3 Å². The van der Waals surface area contributed by atoms with Crippen molar-refractivity contribution in [2.75, 3.05) is 11.9 Å². The molecule has 0 spiro atoms. The van der Waals surface area contributed by atoms with Crippen LogP contribution in [0.25, 0.3) is 0 Å². The Balaban J connectivity index is 2.08. The third-order valence-corrected chi connectivity index (χ3v) is 3.04. The molecule has 0 aliphatic rings.